The smallest absolute Gasteiger partial charge is 0.202 e. The molecule has 0 aliphatic carbocycles. The molecule has 0 N–H and O–H groups in total. The lowest BCUT2D eigenvalue weighted by molar-refractivity contribution is -0.712. The van der Waals surface area contributed by atoms with E-state index in [4.69, 9.17) is 0 Å². The highest BCUT2D eigenvalue weighted by Gasteiger charge is 2.33. The van der Waals surface area contributed by atoms with Crippen LogP contribution in [0.1, 0.15) is 78.1 Å². The van der Waals surface area contributed by atoms with Gasteiger partial charge in [0.25, 0.3) is 0 Å². The second-order valence-corrected chi connectivity index (χ2v) is 5.71. The van der Waals surface area contributed by atoms with E-state index in [0.717, 1.165) is 25.2 Å². The molecule has 0 fully saturated rings. The number of hydrogen-bond acceptors (Lipinski definition) is 2. The topological polar surface area (TPSA) is 36.1 Å². The van der Waals surface area contributed by atoms with E-state index in [1.807, 2.05) is 13.1 Å². The Morgan fingerprint density at radius 1 is 1.00 bits per heavy atom. The summed E-state index contributed by atoms with van der Waals surface area (Å²) in [6.07, 6.45) is 19.0. The number of nitriles is 1. The molecule has 1 heterocycles. The fourth-order valence-corrected chi connectivity index (χ4v) is 2.73. The highest BCUT2D eigenvalue weighted by Crippen LogP contribution is 2.20. The maximum atomic E-state index is 9.32. The predicted molar refractivity (Wildman–Crippen MR) is 84.8 cm³/mol. The first kappa shape index (κ1) is 16.9. The summed E-state index contributed by atoms with van der Waals surface area (Å²) in [6, 6.07) is 0. The van der Waals surface area contributed by atoms with E-state index in [1.165, 1.54) is 51.4 Å². The molecule has 0 aromatic rings. The first-order valence-corrected chi connectivity index (χ1v) is 8.33. The molecule has 0 aromatic heterocycles. The van der Waals surface area contributed by atoms with E-state index < -0.39 is 0 Å². The number of hydrogen-bond donors (Lipinski definition) is 0. The Morgan fingerprint density at radius 3 is 2.15 bits per heavy atom. The van der Waals surface area contributed by atoms with Crippen LogP contribution in [0.3, 0.4) is 0 Å². The fourth-order valence-electron chi connectivity index (χ4n) is 2.73. The Kier molecular flexibility index (Phi) is 8.22. The molecule has 1 atom stereocenters. The summed E-state index contributed by atoms with van der Waals surface area (Å²) in [5.74, 6) is 1.03. The van der Waals surface area contributed by atoms with E-state index in [9.17, 15) is 5.26 Å². The van der Waals surface area contributed by atoms with Crippen LogP contribution in [0.2, 0.25) is 0 Å². The maximum absolute atomic E-state index is 9.32. The van der Waals surface area contributed by atoms with Crippen molar-refractivity contribution < 1.29 is 4.48 Å². The van der Waals surface area contributed by atoms with Crippen LogP contribution in [0.15, 0.2) is 17.4 Å². The number of amidine groups is 1. The molecule has 0 radical (unpaired) electrons. The Bertz CT molecular complexity index is 365. The van der Waals surface area contributed by atoms with E-state index in [-0.39, 0.29) is 0 Å². The lowest BCUT2D eigenvalue weighted by Gasteiger charge is -2.20. The molecule has 1 unspecified atom stereocenters. The number of unbranched alkanes of at least 4 members (excludes halogenated alkanes) is 8. The van der Waals surface area contributed by atoms with Crippen molar-refractivity contribution in [2.45, 2.75) is 78.1 Å². The maximum Gasteiger partial charge on any atom is 0.320 e. The van der Waals surface area contributed by atoms with Crippen LogP contribution in [-0.2, 0) is 0 Å². The first-order valence-electron chi connectivity index (χ1n) is 8.33. The third kappa shape index (κ3) is 5.09. The molecule has 0 saturated carbocycles. The van der Waals surface area contributed by atoms with Crippen molar-refractivity contribution in [3.8, 4) is 6.19 Å². The third-order valence-electron chi connectivity index (χ3n) is 4.19. The molecule has 20 heavy (non-hydrogen) atoms. The lowest BCUT2D eigenvalue weighted by atomic mass is 10.1. The molecule has 0 saturated heterocycles. The van der Waals surface area contributed by atoms with E-state index in [0.29, 0.717) is 4.48 Å². The number of nitrogens with zero attached hydrogens (tertiary/aromatic N) is 3. The van der Waals surface area contributed by atoms with E-state index in [1.54, 1.807) is 6.20 Å². The SMILES string of the molecule is CCCCCCCCCCCC1=NC=C[N+]1(C#N)CC. The van der Waals surface area contributed by atoms with Gasteiger partial charge in [-0.25, -0.2) is 4.99 Å². The highest BCUT2D eigenvalue weighted by atomic mass is 15.4. The first-order chi connectivity index (χ1) is 9.79. The standard InChI is InChI=1S/C17H30N3/c1-3-5-6-7-8-9-10-11-12-13-17-19-14-15-20(17,4-2)16-18/h14-15H,3-13H2,1-2H3/q+1. The minimum Gasteiger partial charge on any atom is -0.202 e. The van der Waals surface area contributed by atoms with Crippen LogP contribution in [0.5, 0.6) is 0 Å². The van der Waals surface area contributed by atoms with Gasteiger partial charge in [-0.15, -0.1) is 5.26 Å². The number of quaternary nitrogens is 1. The van der Waals surface area contributed by atoms with Crippen molar-refractivity contribution in [3.63, 3.8) is 0 Å². The molecule has 1 rings (SSSR count). The summed E-state index contributed by atoms with van der Waals surface area (Å²) in [5, 5.41) is 9.32. The molecule has 3 nitrogen and oxygen atoms in total. The summed E-state index contributed by atoms with van der Waals surface area (Å²) in [7, 11) is 0. The molecule has 0 aromatic carbocycles. The normalized spacial score (nSPS) is 20.9. The molecule has 112 valence electrons. The van der Waals surface area contributed by atoms with Crippen molar-refractivity contribution in [1.82, 2.24) is 0 Å². The summed E-state index contributed by atoms with van der Waals surface area (Å²) in [4.78, 5) is 4.38. The van der Waals surface area contributed by atoms with Crippen LogP contribution < -0.4 is 0 Å². The van der Waals surface area contributed by atoms with Crippen molar-refractivity contribution in [2.75, 3.05) is 6.54 Å². The average Bonchev–Trinajstić information content (AvgIpc) is 2.89. The van der Waals surface area contributed by atoms with Crippen LogP contribution in [0, 0.1) is 11.5 Å². The minimum atomic E-state index is 0.303. The molecule has 0 bridgehead atoms. The van der Waals surface area contributed by atoms with Crippen LogP contribution >= 0.6 is 0 Å². The van der Waals surface area contributed by atoms with Crippen molar-refractivity contribution in [1.29, 1.82) is 5.26 Å². The van der Waals surface area contributed by atoms with Crippen molar-refractivity contribution in [2.24, 2.45) is 4.99 Å². The average molecular weight is 276 g/mol. The zero-order chi connectivity index (χ0) is 14.7. The fraction of sp³-hybridized carbons (Fsp3) is 0.765. The Balaban J connectivity index is 2.06. The van der Waals surface area contributed by atoms with Gasteiger partial charge in [0, 0.05) is 6.42 Å². The van der Waals surface area contributed by atoms with Gasteiger partial charge < -0.3 is 0 Å². The summed E-state index contributed by atoms with van der Waals surface area (Å²) < 4.78 is 0.303. The Labute approximate surface area is 124 Å². The van der Waals surface area contributed by atoms with Crippen LogP contribution in [0.4, 0.5) is 0 Å². The zero-order valence-electron chi connectivity index (χ0n) is 13.3. The third-order valence-corrected chi connectivity index (χ3v) is 4.19. The quantitative estimate of drug-likeness (QED) is 0.293. The summed E-state index contributed by atoms with van der Waals surface area (Å²) in [6.45, 7) is 5.09. The van der Waals surface area contributed by atoms with Crippen LogP contribution in [-0.4, -0.2) is 16.9 Å². The zero-order valence-corrected chi connectivity index (χ0v) is 13.3. The van der Waals surface area contributed by atoms with Gasteiger partial charge in [0.15, 0.2) is 0 Å². The van der Waals surface area contributed by atoms with Gasteiger partial charge in [-0.3, -0.25) is 0 Å². The van der Waals surface area contributed by atoms with Crippen LogP contribution in [0.25, 0.3) is 0 Å². The highest BCUT2D eigenvalue weighted by molar-refractivity contribution is 5.79. The predicted octanol–water partition coefficient (Wildman–Crippen LogP) is 5.11. The molecule has 1 aliphatic rings. The molecular weight excluding hydrogens is 246 g/mol. The van der Waals surface area contributed by atoms with E-state index in [2.05, 4.69) is 18.1 Å². The molecule has 1 aliphatic heterocycles. The molecule has 3 heteroatoms. The second kappa shape index (κ2) is 9.72. The van der Waals surface area contributed by atoms with Gasteiger partial charge in [-0.1, -0.05) is 58.3 Å². The summed E-state index contributed by atoms with van der Waals surface area (Å²) in [5.41, 5.74) is 0. The largest absolute Gasteiger partial charge is 0.320 e. The molecular formula is C17H30N3+. The van der Waals surface area contributed by atoms with Crippen molar-refractivity contribution in [3.05, 3.63) is 12.4 Å². The Morgan fingerprint density at radius 2 is 1.60 bits per heavy atom. The second-order valence-electron chi connectivity index (χ2n) is 5.71. The monoisotopic (exact) mass is 276 g/mol. The van der Waals surface area contributed by atoms with Gasteiger partial charge in [-0.05, 0) is 13.3 Å². The summed E-state index contributed by atoms with van der Waals surface area (Å²) >= 11 is 0. The molecule has 0 amide bonds. The Hall–Kier alpha value is -1.14. The lowest BCUT2D eigenvalue weighted by Crippen LogP contribution is -2.41. The van der Waals surface area contributed by atoms with Gasteiger partial charge in [0.1, 0.15) is 12.7 Å². The van der Waals surface area contributed by atoms with Crippen molar-refractivity contribution >= 4 is 5.84 Å². The molecule has 0 spiro atoms. The minimum absolute atomic E-state index is 0.303. The number of rotatable bonds is 11. The van der Waals surface area contributed by atoms with Gasteiger partial charge in [-0.2, -0.15) is 4.48 Å². The van der Waals surface area contributed by atoms with E-state index >= 15 is 0 Å². The van der Waals surface area contributed by atoms with Gasteiger partial charge in [0.05, 0.1) is 6.20 Å². The van der Waals surface area contributed by atoms with Gasteiger partial charge >= 0.3 is 6.19 Å². The number of aliphatic imine (C=N–C) groups is 1. The van der Waals surface area contributed by atoms with Gasteiger partial charge in [0.2, 0.25) is 5.84 Å².